The highest BCUT2D eigenvalue weighted by molar-refractivity contribution is 7.26. The van der Waals surface area contributed by atoms with E-state index in [9.17, 15) is 0 Å². The first-order chi connectivity index (χ1) is 25.3. The Bertz CT molecular complexity index is 2850. The lowest BCUT2D eigenvalue weighted by atomic mass is 9.92. The van der Waals surface area contributed by atoms with Crippen molar-refractivity contribution in [3.05, 3.63) is 188 Å². The van der Waals surface area contributed by atoms with Crippen LogP contribution in [0.2, 0.25) is 0 Å². The topological polar surface area (TPSA) is 16.4 Å². The summed E-state index contributed by atoms with van der Waals surface area (Å²) in [4.78, 5) is 2.37. The second-order valence-electron chi connectivity index (χ2n) is 12.9. The molecule has 2 heterocycles. The number of hydrogen-bond acceptors (Lipinski definition) is 3. The van der Waals surface area contributed by atoms with Crippen molar-refractivity contribution in [1.82, 2.24) is 0 Å². The zero-order valence-corrected chi connectivity index (χ0v) is 28.5. The number of thiophene rings is 1. The molecule has 0 atom stereocenters. The largest absolute Gasteiger partial charge is 0.456 e. The monoisotopic (exact) mass is 669 g/mol. The van der Waals surface area contributed by atoms with Gasteiger partial charge in [-0.2, -0.15) is 0 Å². The Morgan fingerprint density at radius 2 is 0.961 bits per heavy atom. The number of hydrogen-bond donors (Lipinski definition) is 0. The van der Waals surface area contributed by atoms with Gasteiger partial charge in [0.2, 0.25) is 0 Å². The van der Waals surface area contributed by atoms with E-state index in [-0.39, 0.29) is 0 Å². The molecule has 0 aliphatic heterocycles. The molecule has 0 N–H and O–H groups in total. The summed E-state index contributed by atoms with van der Waals surface area (Å²) in [7, 11) is 0. The Hall–Kier alpha value is -6.42. The smallest absolute Gasteiger partial charge is 0.135 e. The number of anilines is 3. The lowest BCUT2D eigenvalue weighted by Gasteiger charge is -2.27. The van der Waals surface area contributed by atoms with Gasteiger partial charge in [-0.25, -0.2) is 0 Å². The third-order valence-corrected chi connectivity index (χ3v) is 11.1. The Morgan fingerprint density at radius 3 is 1.78 bits per heavy atom. The van der Waals surface area contributed by atoms with Crippen LogP contribution in [0.3, 0.4) is 0 Å². The van der Waals surface area contributed by atoms with Crippen molar-refractivity contribution in [1.29, 1.82) is 0 Å². The molecule has 0 radical (unpaired) electrons. The van der Waals surface area contributed by atoms with E-state index in [1.54, 1.807) is 0 Å². The summed E-state index contributed by atoms with van der Waals surface area (Å²) in [6.45, 7) is 0. The predicted molar refractivity (Wildman–Crippen MR) is 218 cm³/mol. The maximum atomic E-state index is 6.25. The van der Waals surface area contributed by atoms with Crippen LogP contribution >= 0.6 is 11.3 Å². The Kier molecular flexibility index (Phi) is 7.04. The molecule has 8 aromatic carbocycles. The molecule has 0 saturated carbocycles. The fourth-order valence-corrected chi connectivity index (χ4v) is 8.69. The van der Waals surface area contributed by atoms with Crippen LogP contribution in [0.4, 0.5) is 17.1 Å². The molecule has 0 bridgehead atoms. The minimum Gasteiger partial charge on any atom is -0.456 e. The van der Waals surface area contributed by atoms with Gasteiger partial charge in [0.25, 0.3) is 0 Å². The van der Waals surface area contributed by atoms with Gasteiger partial charge >= 0.3 is 0 Å². The van der Waals surface area contributed by atoms with E-state index in [2.05, 4.69) is 181 Å². The molecule has 0 spiro atoms. The average molecular weight is 670 g/mol. The third-order valence-electron chi connectivity index (χ3n) is 9.89. The Balaban J connectivity index is 1.21. The second kappa shape index (κ2) is 12.2. The zero-order chi connectivity index (χ0) is 33.7. The van der Waals surface area contributed by atoms with Gasteiger partial charge in [0.1, 0.15) is 11.2 Å². The van der Waals surface area contributed by atoms with Gasteiger partial charge in [0.15, 0.2) is 0 Å². The predicted octanol–water partition coefficient (Wildman–Crippen LogP) is 14.4. The molecule has 0 aliphatic rings. The van der Waals surface area contributed by atoms with Crippen LogP contribution in [0.25, 0.3) is 75.5 Å². The van der Waals surface area contributed by atoms with Gasteiger partial charge in [-0.1, -0.05) is 133 Å². The van der Waals surface area contributed by atoms with E-state index >= 15 is 0 Å². The molecule has 240 valence electrons. The zero-order valence-electron chi connectivity index (χ0n) is 27.7. The minimum atomic E-state index is 0.885. The number of benzene rings is 8. The molecule has 0 fully saturated rings. The van der Waals surface area contributed by atoms with Crippen molar-refractivity contribution < 1.29 is 4.42 Å². The van der Waals surface area contributed by atoms with Crippen LogP contribution in [0, 0.1) is 0 Å². The number of fused-ring (bicyclic) bond motifs is 6. The molecular weight excluding hydrogens is 639 g/mol. The molecular formula is C48H31NOS. The second-order valence-corrected chi connectivity index (χ2v) is 14.0. The van der Waals surface area contributed by atoms with Gasteiger partial charge < -0.3 is 9.32 Å². The fourth-order valence-electron chi connectivity index (χ4n) is 7.46. The summed E-state index contributed by atoms with van der Waals surface area (Å²) >= 11 is 1.87. The molecule has 51 heavy (non-hydrogen) atoms. The van der Waals surface area contributed by atoms with Gasteiger partial charge in [-0.15, -0.1) is 11.3 Å². The maximum Gasteiger partial charge on any atom is 0.135 e. The molecule has 2 nitrogen and oxygen atoms in total. The molecule has 10 aromatic rings. The Labute approximate surface area is 300 Å². The van der Waals surface area contributed by atoms with E-state index in [0.717, 1.165) is 39.0 Å². The third kappa shape index (κ3) is 5.10. The van der Waals surface area contributed by atoms with E-state index in [1.807, 2.05) is 23.5 Å². The van der Waals surface area contributed by atoms with Gasteiger partial charge in [-0.3, -0.25) is 0 Å². The number of para-hydroxylation sites is 1. The van der Waals surface area contributed by atoms with Crippen LogP contribution in [-0.2, 0) is 0 Å². The molecule has 2 aromatic heterocycles. The molecule has 0 aliphatic carbocycles. The summed E-state index contributed by atoms with van der Waals surface area (Å²) in [5.74, 6) is 0. The summed E-state index contributed by atoms with van der Waals surface area (Å²) in [6.07, 6.45) is 0. The first-order valence-corrected chi connectivity index (χ1v) is 18.1. The summed E-state index contributed by atoms with van der Waals surface area (Å²) in [5.41, 5.74) is 12.3. The summed E-state index contributed by atoms with van der Waals surface area (Å²) < 4.78 is 8.86. The van der Waals surface area contributed by atoms with Crippen LogP contribution in [0.15, 0.2) is 192 Å². The van der Waals surface area contributed by atoms with Crippen molar-refractivity contribution in [3.63, 3.8) is 0 Å². The van der Waals surface area contributed by atoms with Gasteiger partial charge in [0.05, 0.1) is 0 Å². The minimum absolute atomic E-state index is 0.885. The number of rotatable bonds is 6. The van der Waals surface area contributed by atoms with Crippen molar-refractivity contribution in [2.24, 2.45) is 0 Å². The first kappa shape index (κ1) is 29.5. The summed E-state index contributed by atoms with van der Waals surface area (Å²) in [5, 5.41) is 4.82. The van der Waals surface area contributed by atoms with Crippen molar-refractivity contribution >= 4 is 70.5 Å². The molecule has 10 rings (SSSR count). The van der Waals surface area contributed by atoms with Gasteiger partial charge in [0, 0.05) is 53.6 Å². The lowest BCUT2D eigenvalue weighted by Crippen LogP contribution is -2.10. The highest BCUT2D eigenvalue weighted by atomic mass is 32.1. The highest BCUT2D eigenvalue weighted by Gasteiger charge is 2.20. The SMILES string of the molecule is c1ccc(-c2ccc(N(c3ccc(-c4ccccc4)c(-c4cccc5c4sc4ccccc45)c3)c3ccc4oc5ccccc5c4c3)cc2)cc1. The highest BCUT2D eigenvalue weighted by Crippen LogP contribution is 2.46. The van der Waals surface area contributed by atoms with Crippen LogP contribution in [-0.4, -0.2) is 0 Å². The van der Waals surface area contributed by atoms with E-state index in [0.29, 0.717) is 0 Å². The number of nitrogens with zero attached hydrogens (tertiary/aromatic N) is 1. The van der Waals surface area contributed by atoms with Crippen LogP contribution < -0.4 is 4.90 Å². The lowest BCUT2D eigenvalue weighted by molar-refractivity contribution is 0.669. The molecule has 0 amide bonds. The molecule has 0 saturated heterocycles. The average Bonchev–Trinajstić information content (AvgIpc) is 3.77. The van der Waals surface area contributed by atoms with E-state index < -0.39 is 0 Å². The molecule has 3 heteroatoms. The Morgan fingerprint density at radius 1 is 0.353 bits per heavy atom. The normalized spacial score (nSPS) is 11.5. The summed E-state index contributed by atoms with van der Waals surface area (Å²) in [6, 6.07) is 67.5. The van der Waals surface area contributed by atoms with Crippen LogP contribution in [0.1, 0.15) is 0 Å². The standard InChI is InChI=1S/C48H31NOS/c1-3-12-32(13-4-1)33-22-24-35(25-23-33)49(37-27-29-46-44(31-37)39-16-7-9-20-45(39)50-46)36-26-28-38(34-14-5-2-6-15-34)43(30-36)42-19-11-18-41-40-17-8-10-21-47(40)51-48(41)42/h1-31H. The van der Waals surface area contributed by atoms with E-state index in [1.165, 1.54) is 53.6 Å². The van der Waals surface area contributed by atoms with Crippen molar-refractivity contribution in [2.45, 2.75) is 0 Å². The van der Waals surface area contributed by atoms with Crippen LogP contribution in [0.5, 0.6) is 0 Å². The fraction of sp³-hybridized carbons (Fsp3) is 0. The first-order valence-electron chi connectivity index (χ1n) is 17.3. The van der Waals surface area contributed by atoms with Crippen molar-refractivity contribution in [2.75, 3.05) is 4.90 Å². The quantitative estimate of drug-likeness (QED) is 0.175. The number of furan rings is 1. The molecule has 0 unspecified atom stereocenters. The van der Waals surface area contributed by atoms with Crippen molar-refractivity contribution in [3.8, 4) is 33.4 Å². The maximum absolute atomic E-state index is 6.25. The van der Waals surface area contributed by atoms with Gasteiger partial charge in [-0.05, 0) is 82.4 Å². The van der Waals surface area contributed by atoms with E-state index in [4.69, 9.17) is 4.42 Å².